The molecule has 150 valence electrons. The molecule has 0 radical (unpaired) electrons. The zero-order chi connectivity index (χ0) is 20.9. The first kappa shape index (κ1) is 19.9. The van der Waals surface area contributed by atoms with Gasteiger partial charge < -0.3 is 9.84 Å². The Morgan fingerprint density at radius 3 is 2.50 bits per heavy atom. The van der Waals surface area contributed by atoms with Gasteiger partial charge in [0.15, 0.2) is 5.76 Å². The van der Waals surface area contributed by atoms with Crippen molar-refractivity contribution in [2.45, 2.75) is 12.5 Å². The van der Waals surface area contributed by atoms with Gasteiger partial charge in [-0.1, -0.05) is 71.4 Å². The van der Waals surface area contributed by atoms with E-state index in [2.05, 4.69) is 10.5 Å². The molecule has 4 rings (SSSR count). The van der Waals surface area contributed by atoms with E-state index in [1.54, 1.807) is 30.3 Å². The molecular formula is C24H18ClFN2O2. The number of nitrogens with one attached hydrogen (secondary N) is 1. The van der Waals surface area contributed by atoms with E-state index in [0.717, 1.165) is 16.7 Å². The molecular weight excluding hydrogens is 403 g/mol. The van der Waals surface area contributed by atoms with E-state index in [4.69, 9.17) is 16.1 Å². The van der Waals surface area contributed by atoms with E-state index in [9.17, 15) is 9.18 Å². The van der Waals surface area contributed by atoms with Crippen molar-refractivity contribution >= 4 is 17.5 Å². The molecule has 0 fully saturated rings. The molecule has 0 spiro atoms. The average molecular weight is 421 g/mol. The lowest BCUT2D eigenvalue weighted by Crippen LogP contribution is -2.29. The molecule has 0 aliphatic rings. The Morgan fingerprint density at radius 1 is 1.00 bits per heavy atom. The first-order valence-corrected chi connectivity index (χ1v) is 9.77. The van der Waals surface area contributed by atoms with Crippen molar-refractivity contribution in [2.75, 3.05) is 0 Å². The van der Waals surface area contributed by atoms with E-state index < -0.39 is 6.04 Å². The molecule has 3 aromatic carbocycles. The van der Waals surface area contributed by atoms with Crippen LogP contribution in [-0.4, -0.2) is 11.1 Å². The molecule has 1 amide bonds. The molecule has 30 heavy (non-hydrogen) atoms. The highest BCUT2D eigenvalue weighted by Crippen LogP contribution is 2.26. The number of benzene rings is 3. The van der Waals surface area contributed by atoms with Crippen LogP contribution in [0.25, 0.3) is 0 Å². The summed E-state index contributed by atoms with van der Waals surface area (Å²) in [4.78, 5) is 13.1. The van der Waals surface area contributed by atoms with Crippen LogP contribution in [0.2, 0.25) is 5.02 Å². The lowest BCUT2D eigenvalue weighted by Gasteiger charge is -2.20. The summed E-state index contributed by atoms with van der Waals surface area (Å²) in [5, 5.41) is 7.36. The molecule has 1 atom stereocenters. The number of halogens is 2. The second-order valence-corrected chi connectivity index (χ2v) is 7.27. The summed E-state index contributed by atoms with van der Waals surface area (Å²) in [7, 11) is 0. The number of aromatic nitrogens is 1. The van der Waals surface area contributed by atoms with Gasteiger partial charge in [-0.05, 0) is 41.0 Å². The highest BCUT2D eigenvalue weighted by atomic mass is 35.5. The van der Waals surface area contributed by atoms with E-state index in [-0.39, 0.29) is 11.7 Å². The molecule has 0 bridgehead atoms. The average Bonchev–Trinajstić information content (AvgIpc) is 3.21. The van der Waals surface area contributed by atoms with Gasteiger partial charge in [0, 0.05) is 11.4 Å². The molecule has 1 N–H and O–H groups in total. The number of hydrogen-bond donors (Lipinski definition) is 1. The molecule has 0 saturated carbocycles. The largest absolute Gasteiger partial charge is 0.360 e. The molecule has 1 aromatic heterocycles. The van der Waals surface area contributed by atoms with Crippen molar-refractivity contribution in [2.24, 2.45) is 0 Å². The Hall–Kier alpha value is -3.44. The van der Waals surface area contributed by atoms with Crippen LogP contribution in [0.4, 0.5) is 4.39 Å². The smallest absolute Gasteiger partial charge is 0.257 e. The quantitative estimate of drug-likeness (QED) is 0.443. The summed E-state index contributed by atoms with van der Waals surface area (Å²) in [5.41, 5.74) is 2.87. The van der Waals surface area contributed by atoms with Crippen LogP contribution in [0.5, 0.6) is 0 Å². The summed E-state index contributed by atoms with van der Waals surface area (Å²) in [6.07, 6.45) is 1.86. The fraction of sp³-hybridized carbons (Fsp3) is 0.0833. The standard InChI is InChI=1S/C24H18ClFN2O2/c25-19-8-4-7-18(14-19)23(17-9-11-20(26)12-10-17)28-24(29)21-15-27-30-22(21)13-16-5-2-1-3-6-16/h1-12,14-15,23H,13H2,(H,28,29). The van der Waals surface area contributed by atoms with Crippen molar-refractivity contribution in [1.82, 2.24) is 10.5 Å². The molecule has 0 aliphatic heterocycles. The highest BCUT2D eigenvalue weighted by molar-refractivity contribution is 6.30. The maximum absolute atomic E-state index is 13.4. The molecule has 6 heteroatoms. The van der Waals surface area contributed by atoms with E-state index in [1.807, 2.05) is 36.4 Å². The van der Waals surface area contributed by atoms with Gasteiger partial charge in [-0.15, -0.1) is 0 Å². The lowest BCUT2D eigenvalue weighted by molar-refractivity contribution is 0.0941. The topological polar surface area (TPSA) is 55.1 Å². The van der Waals surface area contributed by atoms with Crippen LogP contribution in [0.3, 0.4) is 0 Å². The minimum absolute atomic E-state index is 0.337. The summed E-state index contributed by atoms with van der Waals surface area (Å²) < 4.78 is 18.8. The van der Waals surface area contributed by atoms with Crippen LogP contribution in [-0.2, 0) is 6.42 Å². The summed E-state index contributed by atoms with van der Waals surface area (Å²) in [6, 6.07) is 22.4. The van der Waals surface area contributed by atoms with Crippen molar-refractivity contribution in [3.05, 3.63) is 124 Å². The van der Waals surface area contributed by atoms with Crippen molar-refractivity contribution in [1.29, 1.82) is 0 Å². The maximum Gasteiger partial charge on any atom is 0.257 e. The van der Waals surface area contributed by atoms with E-state index in [1.165, 1.54) is 18.3 Å². The van der Waals surface area contributed by atoms with Crippen molar-refractivity contribution < 1.29 is 13.7 Å². The van der Waals surface area contributed by atoms with E-state index in [0.29, 0.717) is 22.8 Å². The minimum atomic E-state index is -0.517. The van der Waals surface area contributed by atoms with Gasteiger partial charge in [-0.2, -0.15) is 0 Å². The van der Waals surface area contributed by atoms with Crippen molar-refractivity contribution in [3.63, 3.8) is 0 Å². The SMILES string of the molecule is O=C(NC(c1ccc(F)cc1)c1cccc(Cl)c1)c1cnoc1Cc1ccccc1. The fourth-order valence-corrected chi connectivity index (χ4v) is 3.47. The Kier molecular flexibility index (Phi) is 5.91. The number of hydrogen-bond acceptors (Lipinski definition) is 3. The Labute approximate surface area is 178 Å². The van der Waals surface area contributed by atoms with Gasteiger partial charge >= 0.3 is 0 Å². The molecule has 1 unspecified atom stereocenters. The van der Waals surface area contributed by atoms with Gasteiger partial charge in [0.1, 0.15) is 11.4 Å². The Balaban J connectivity index is 1.63. The molecule has 1 heterocycles. The van der Waals surface area contributed by atoms with Crippen LogP contribution in [0.1, 0.15) is 38.9 Å². The maximum atomic E-state index is 13.4. The lowest BCUT2D eigenvalue weighted by atomic mass is 9.98. The van der Waals surface area contributed by atoms with Crippen LogP contribution < -0.4 is 5.32 Å². The van der Waals surface area contributed by atoms with Gasteiger partial charge in [0.05, 0.1) is 12.2 Å². The molecule has 4 nitrogen and oxygen atoms in total. The van der Waals surface area contributed by atoms with Gasteiger partial charge in [-0.25, -0.2) is 4.39 Å². The minimum Gasteiger partial charge on any atom is -0.360 e. The summed E-state index contributed by atoms with van der Waals surface area (Å²) in [6.45, 7) is 0. The second-order valence-electron chi connectivity index (χ2n) is 6.84. The zero-order valence-corrected chi connectivity index (χ0v) is 16.6. The number of carbonyl (C=O) groups excluding carboxylic acids is 1. The zero-order valence-electron chi connectivity index (χ0n) is 15.9. The van der Waals surface area contributed by atoms with Gasteiger partial charge in [-0.3, -0.25) is 4.79 Å². The third-order valence-corrected chi connectivity index (χ3v) is 4.99. The number of nitrogens with zero attached hydrogens (tertiary/aromatic N) is 1. The number of rotatable bonds is 6. The third-order valence-electron chi connectivity index (χ3n) is 4.76. The monoisotopic (exact) mass is 420 g/mol. The highest BCUT2D eigenvalue weighted by Gasteiger charge is 2.22. The molecule has 4 aromatic rings. The Morgan fingerprint density at radius 2 is 1.77 bits per heavy atom. The predicted octanol–water partition coefficient (Wildman–Crippen LogP) is 5.58. The first-order chi connectivity index (χ1) is 14.6. The van der Waals surface area contributed by atoms with E-state index >= 15 is 0 Å². The molecule has 0 aliphatic carbocycles. The Bertz CT molecular complexity index is 1140. The van der Waals surface area contributed by atoms with Gasteiger partial charge in [0.2, 0.25) is 0 Å². The van der Waals surface area contributed by atoms with Crippen molar-refractivity contribution in [3.8, 4) is 0 Å². The normalized spacial score (nSPS) is 11.8. The number of amides is 1. The number of carbonyl (C=O) groups is 1. The van der Waals surface area contributed by atoms with Crippen LogP contribution in [0, 0.1) is 5.82 Å². The fourth-order valence-electron chi connectivity index (χ4n) is 3.27. The second kappa shape index (κ2) is 8.93. The summed E-state index contributed by atoms with van der Waals surface area (Å²) in [5.74, 6) is -0.210. The first-order valence-electron chi connectivity index (χ1n) is 9.39. The van der Waals surface area contributed by atoms with Crippen LogP contribution in [0.15, 0.2) is 89.6 Å². The predicted molar refractivity (Wildman–Crippen MR) is 113 cm³/mol. The van der Waals surface area contributed by atoms with Gasteiger partial charge in [0.25, 0.3) is 5.91 Å². The van der Waals surface area contributed by atoms with Crippen LogP contribution >= 0.6 is 11.6 Å². The third kappa shape index (κ3) is 4.58. The summed E-state index contributed by atoms with van der Waals surface area (Å²) >= 11 is 6.16. The molecule has 0 saturated heterocycles.